The predicted molar refractivity (Wildman–Crippen MR) is 137 cm³/mol. The summed E-state index contributed by atoms with van der Waals surface area (Å²) in [6.07, 6.45) is 1.35. The highest BCUT2D eigenvalue weighted by molar-refractivity contribution is 9.10. The summed E-state index contributed by atoms with van der Waals surface area (Å²) in [6.45, 7) is 3.71. The van der Waals surface area contributed by atoms with Crippen LogP contribution in [0.4, 0.5) is 27.6 Å². The van der Waals surface area contributed by atoms with Crippen LogP contribution in [0.3, 0.4) is 0 Å². The second-order valence-corrected chi connectivity index (χ2v) is 9.37. The Morgan fingerprint density at radius 3 is 2.35 bits per heavy atom. The Bertz CT molecular complexity index is 1580. The summed E-state index contributed by atoms with van der Waals surface area (Å²) in [6, 6.07) is 8.56. The Hall–Kier alpha value is -4.13. The van der Waals surface area contributed by atoms with Crippen molar-refractivity contribution in [3.63, 3.8) is 0 Å². The lowest BCUT2D eigenvalue weighted by Gasteiger charge is -2.16. The van der Waals surface area contributed by atoms with Gasteiger partial charge in [0.2, 0.25) is 12.6 Å². The molecule has 13 heteroatoms. The molecule has 0 spiro atoms. The zero-order valence-corrected chi connectivity index (χ0v) is 22.4. The molecule has 2 aliphatic rings. The number of fused-ring (bicyclic) bond motifs is 1. The predicted octanol–water partition coefficient (Wildman–Crippen LogP) is 6.66. The summed E-state index contributed by atoms with van der Waals surface area (Å²) in [4.78, 5) is 13.0. The van der Waals surface area contributed by atoms with E-state index < -0.39 is 40.7 Å². The molecule has 0 saturated heterocycles. The van der Waals surface area contributed by atoms with Crippen molar-refractivity contribution in [3.8, 4) is 23.0 Å². The average Bonchev–Trinajstić information content (AvgIpc) is 3.50. The van der Waals surface area contributed by atoms with Crippen molar-refractivity contribution in [2.45, 2.75) is 20.5 Å². The Balaban J connectivity index is 1.44. The first-order chi connectivity index (χ1) is 19.1. The number of ether oxygens (including phenoxy) is 4. The molecule has 3 aromatic carbocycles. The summed E-state index contributed by atoms with van der Waals surface area (Å²) in [5.41, 5.74) is -0.393. The largest absolute Gasteiger partial charge is 0.490 e. The number of hydrogen-bond acceptors (Lipinski definition) is 6. The van der Waals surface area contributed by atoms with Crippen molar-refractivity contribution in [2.24, 2.45) is 5.10 Å². The van der Waals surface area contributed by atoms with Gasteiger partial charge in [-0.05, 0) is 71.2 Å². The van der Waals surface area contributed by atoms with Crippen LogP contribution < -0.4 is 24.0 Å². The van der Waals surface area contributed by atoms with Crippen molar-refractivity contribution < 1.29 is 45.7 Å². The Kier molecular flexibility index (Phi) is 7.41. The molecule has 0 fully saturated rings. The first-order valence-corrected chi connectivity index (χ1v) is 12.5. The summed E-state index contributed by atoms with van der Waals surface area (Å²) >= 11 is 3.44. The van der Waals surface area contributed by atoms with Crippen LogP contribution in [0.1, 0.15) is 25.0 Å². The third-order valence-electron chi connectivity index (χ3n) is 5.92. The van der Waals surface area contributed by atoms with Crippen LogP contribution >= 0.6 is 15.9 Å². The minimum absolute atomic E-state index is 0.00819. The molecule has 0 unspecified atom stereocenters. The van der Waals surface area contributed by atoms with Crippen molar-refractivity contribution in [1.29, 1.82) is 0 Å². The van der Waals surface area contributed by atoms with Gasteiger partial charge in [0.1, 0.15) is 12.3 Å². The molecule has 208 valence electrons. The van der Waals surface area contributed by atoms with Crippen LogP contribution in [0.25, 0.3) is 6.08 Å². The molecule has 0 atom stereocenters. The van der Waals surface area contributed by atoms with Gasteiger partial charge in [0.25, 0.3) is 5.91 Å². The van der Waals surface area contributed by atoms with E-state index in [1.807, 2.05) is 6.07 Å². The minimum atomic E-state index is -2.34. The number of amides is 1. The molecule has 0 radical (unpaired) electrons. The number of hydrogen-bond donors (Lipinski definition) is 0. The molecule has 0 aromatic heterocycles. The molecule has 7 nitrogen and oxygen atoms in total. The van der Waals surface area contributed by atoms with E-state index in [4.69, 9.17) is 18.9 Å². The summed E-state index contributed by atoms with van der Waals surface area (Å²) in [5.74, 6) is -10.2. The number of nitrogens with zero attached hydrogens (tertiary/aromatic N) is 2. The highest BCUT2D eigenvalue weighted by Crippen LogP contribution is 2.40. The van der Waals surface area contributed by atoms with Crippen LogP contribution in [0.5, 0.6) is 23.0 Å². The number of benzene rings is 3. The quantitative estimate of drug-likeness (QED) is 0.127. The maximum Gasteiger partial charge on any atom is 0.280 e. The lowest BCUT2D eigenvalue weighted by atomic mass is 10.1. The maximum atomic E-state index is 14.4. The van der Waals surface area contributed by atoms with Crippen LogP contribution in [0.15, 0.2) is 45.5 Å². The van der Waals surface area contributed by atoms with E-state index in [0.29, 0.717) is 33.0 Å². The number of anilines is 1. The van der Waals surface area contributed by atoms with E-state index >= 15 is 0 Å². The van der Waals surface area contributed by atoms with Gasteiger partial charge in [0, 0.05) is 0 Å². The smallest absolute Gasteiger partial charge is 0.280 e. The number of rotatable bonds is 7. The Labute approximate surface area is 232 Å². The van der Waals surface area contributed by atoms with E-state index in [-0.39, 0.29) is 36.3 Å². The maximum absolute atomic E-state index is 14.4. The zero-order chi connectivity index (χ0) is 28.7. The summed E-state index contributed by atoms with van der Waals surface area (Å²) in [7, 11) is 0. The van der Waals surface area contributed by atoms with Gasteiger partial charge in [-0.25, -0.2) is 22.0 Å². The fourth-order valence-electron chi connectivity index (χ4n) is 4.04. The molecule has 0 aliphatic carbocycles. The van der Waals surface area contributed by atoms with Crippen LogP contribution in [0, 0.1) is 29.1 Å². The molecule has 2 heterocycles. The van der Waals surface area contributed by atoms with E-state index in [2.05, 4.69) is 21.0 Å². The lowest BCUT2D eigenvalue weighted by Crippen LogP contribution is -2.25. The van der Waals surface area contributed by atoms with Gasteiger partial charge < -0.3 is 18.9 Å². The molecule has 3 aromatic rings. The Morgan fingerprint density at radius 2 is 1.65 bits per heavy atom. The van der Waals surface area contributed by atoms with Crippen molar-refractivity contribution in [2.75, 3.05) is 18.4 Å². The van der Waals surface area contributed by atoms with Crippen LogP contribution in [0.2, 0.25) is 0 Å². The molecular weight excluding hydrogens is 607 g/mol. The molecule has 0 saturated carbocycles. The number of carbonyl (C=O) groups excluding carboxylic acids is 1. The molecule has 1 amide bonds. The summed E-state index contributed by atoms with van der Waals surface area (Å²) < 4.78 is 92.6. The van der Waals surface area contributed by atoms with E-state index in [0.717, 1.165) is 5.56 Å². The van der Waals surface area contributed by atoms with Crippen molar-refractivity contribution in [3.05, 3.63) is 80.6 Å². The SMILES string of the molecule is CCOc1cc(/C=C2/C(=O)N(c3c(F)c(F)c(F)c(F)c3F)N=C2C)cc(Br)c1OCc1ccc2c(c1)OCO2. The molecule has 2 aliphatic heterocycles. The van der Waals surface area contributed by atoms with Gasteiger partial charge in [0.15, 0.2) is 46.3 Å². The second kappa shape index (κ2) is 10.8. The molecule has 0 N–H and O–H groups in total. The van der Waals surface area contributed by atoms with E-state index in [9.17, 15) is 26.7 Å². The van der Waals surface area contributed by atoms with Crippen molar-refractivity contribution in [1.82, 2.24) is 0 Å². The van der Waals surface area contributed by atoms with Crippen LogP contribution in [-0.2, 0) is 11.4 Å². The van der Waals surface area contributed by atoms with E-state index in [1.165, 1.54) is 13.0 Å². The number of halogens is 6. The van der Waals surface area contributed by atoms with Gasteiger partial charge in [-0.2, -0.15) is 10.1 Å². The Morgan fingerprint density at radius 1 is 0.975 bits per heavy atom. The molecule has 0 bridgehead atoms. The number of carbonyl (C=O) groups is 1. The standard InChI is InChI=1S/C27H18BrF5N2O5/c1-3-37-19-9-14(7-16(28)26(19)38-10-13-4-5-17-18(8-13)40-11-39-17)6-15-12(2)34-35(27(15)36)25-23(32)21(30)20(29)22(31)24(25)33/h4-9H,3,10-11H2,1-2H3/b15-6+. The van der Waals surface area contributed by atoms with Gasteiger partial charge >= 0.3 is 0 Å². The monoisotopic (exact) mass is 624 g/mol. The first-order valence-electron chi connectivity index (χ1n) is 11.7. The van der Waals surface area contributed by atoms with E-state index in [1.54, 1.807) is 31.2 Å². The highest BCUT2D eigenvalue weighted by atomic mass is 79.9. The third kappa shape index (κ3) is 4.85. The number of hydrazone groups is 1. The fraction of sp³-hybridized carbons (Fsp3) is 0.185. The van der Waals surface area contributed by atoms with Gasteiger partial charge in [0.05, 0.1) is 22.4 Å². The molecular formula is C27H18BrF5N2O5. The average molecular weight is 625 g/mol. The second-order valence-electron chi connectivity index (χ2n) is 8.52. The first kappa shape index (κ1) is 27.4. The van der Waals surface area contributed by atoms with Gasteiger partial charge in [-0.1, -0.05) is 6.07 Å². The van der Waals surface area contributed by atoms with Gasteiger partial charge in [-0.3, -0.25) is 4.79 Å². The van der Waals surface area contributed by atoms with Crippen LogP contribution in [-0.4, -0.2) is 25.0 Å². The normalized spacial score (nSPS) is 15.2. The fourth-order valence-corrected chi connectivity index (χ4v) is 4.62. The van der Waals surface area contributed by atoms with Crippen molar-refractivity contribution >= 4 is 39.3 Å². The highest BCUT2D eigenvalue weighted by Gasteiger charge is 2.37. The molecule has 40 heavy (non-hydrogen) atoms. The van der Waals surface area contributed by atoms with Gasteiger partial charge in [-0.15, -0.1) is 0 Å². The third-order valence-corrected chi connectivity index (χ3v) is 6.51. The lowest BCUT2D eigenvalue weighted by molar-refractivity contribution is -0.114. The summed E-state index contributed by atoms with van der Waals surface area (Å²) in [5, 5.41) is 3.90. The topological polar surface area (TPSA) is 69.6 Å². The zero-order valence-electron chi connectivity index (χ0n) is 20.8. The minimum Gasteiger partial charge on any atom is -0.490 e. The molecule has 5 rings (SSSR count).